The van der Waals surface area contributed by atoms with Crippen LogP contribution in [0.15, 0.2) is 67.3 Å². The third-order valence-corrected chi connectivity index (χ3v) is 5.50. The van der Waals surface area contributed by atoms with Gasteiger partial charge in [0.1, 0.15) is 28.6 Å². The largest absolute Gasteiger partial charge is 0.457 e. The average Bonchev–Trinajstić information content (AvgIpc) is 3.44. The number of para-hydroxylation sites is 1. The van der Waals surface area contributed by atoms with Crippen molar-refractivity contribution in [3.05, 3.63) is 72.8 Å². The number of benzene rings is 2. The molecule has 1 aliphatic heterocycles. The van der Waals surface area contributed by atoms with E-state index in [0.29, 0.717) is 35.9 Å². The molecule has 1 unspecified atom stereocenters. The zero-order chi connectivity index (χ0) is 22.7. The number of rotatable bonds is 7. The SMILES string of the molecule is C=CC(=O)N1CCC(n2nc(-c3ccc(Oc4ccccc4)cc3)c(C(N)=O)c2NC)C1. The second-order valence-corrected chi connectivity index (χ2v) is 7.50. The molecular weight excluding hydrogens is 406 g/mol. The third-order valence-electron chi connectivity index (χ3n) is 5.50. The Hall–Kier alpha value is -4.07. The van der Waals surface area contributed by atoms with E-state index < -0.39 is 5.91 Å². The smallest absolute Gasteiger partial charge is 0.254 e. The molecule has 32 heavy (non-hydrogen) atoms. The highest BCUT2D eigenvalue weighted by molar-refractivity contribution is 6.03. The first kappa shape index (κ1) is 21.2. The number of nitrogens with one attached hydrogen (secondary N) is 1. The van der Waals surface area contributed by atoms with E-state index in [9.17, 15) is 9.59 Å². The zero-order valence-corrected chi connectivity index (χ0v) is 17.8. The second kappa shape index (κ2) is 8.97. The lowest BCUT2D eigenvalue weighted by molar-refractivity contribution is -0.125. The van der Waals surface area contributed by atoms with Gasteiger partial charge in [-0.15, -0.1) is 0 Å². The first-order chi connectivity index (χ1) is 15.5. The summed E-state index contributed by atoms with van der Waals surface area (Å²) in [6.45, 7) is 4.65. The zero-order valence-electron chi connectivity index (χ0n) is 17.8. The number of amides is 2. The van der Waals surface area contributed by atoms with Crippen LogP contribution in [0.2, 0.25) is 0 Å². The lowest BCUT2D eigenvalue weighted by atomic mass is 10.1. The van der Waals surface area contributed by atoms with Gasteiger partial charge < -0.3 is 20.7 Å². The molecule has 1 aliphatic rings. The first-order valence-corrected chi connectivity index (χ1v) is 10.4. The van der Waals surface area contributed by atoms with E-state index in [0.717, 1.165) is 17.7 Å². The Morgan fingerprint density at radius 1 is 1.16 bits per heavy atom. The Labute approximate surface area is 186 Å². The Bertz CT molecular complexity index is 1140. The number of ether oxygens (including phenoxy) is 1. The molecule has 2 aromatic carbocycles. The van der Waals surface area contributed by atoms with Gasteiger partial charge in [-0.05, 0) is 48.9 Å². The molecule has 1 saturated heterocycles. The molecule has 8 heteroatoms. The monoisotopic (exact) mass is 431 g/mol. The molecule has 1 aromatic heterocycles. The van der Waals surface area contributed by atoms with Crippen LogP contribution in [0, 0.1) is 0 Å². The van der Waals surface area contributed by atoms with E-state index in [1.807, 2.05) is 54.6 Å². The highest BCUT2D eigenvalue weighted by atomic mass is 16.5. The molecule has 1 fully saturated rings. The van der Waals surface area contributed by atoms with E-state index in [-0.39, 0.29) is 11.9 Å². The predicted octanol–water partition coefficient (Wildman–Crippen LogP) is 3.44. The second-order valence-electron chi connectivity index (χ2n) is 7.50. The first-order valence-electron chi connectivity index (χ1n) is 10.4. The van der Waals surface area contributed by atoms with Crippen molar-refractivity contribution in [2.24, 2.45) is 5.73 Å². The normalized spacial score (nSPS) is 15.4. The van der Waals surface area contributed by atoms with Crippen LogP contribution in [0.3, 0.4) is 0 Å². The summed E-state index contributed by atoms with van der Waals surface area (Å²) in [7, 11) is 1.72. The van der Waals surface area contributed by atoms with Crippen LogP contribution in [0.1, 0.15) is 22.8 Å². The van der Waals surface area contributed by atoms with Gasteiger partial charge in [0, 0.05) is 25.7 Å². The maximum Gasteiger partial charge on any atom is 0.254 e. The molecule has 0 radical (unpaired) electrons. The number of hydrogen-bond acceptors (Lipinski definition) is 5. The van der Waals surface area contributed by atoms with E-state index in [1.165, 1.54) is 6.08 Å². The lowest BCUT2D eigenvalue weighted by Gasteiger charge is -2.16. The molecule has 164 valence electrons. The van der Waals surface area contributed by atoms with Crippen LogP contribution in [0.25, 0.3) is 11.3 Å². The van der Waals surface area contributed by atoms with Gasteiger partial charge in [0.05, 0.1) is 6.04 Å². The van der Waals surface area contributed by atoms with Gasteiger partial charge in [0.25, 0.3) is 5.91 Å². The molecule has 2 amide bonds. The van der Waals surface area contributed by atoms with Crippen molar-refractivity contribution in [1.82, 2.24) is 14.7 Å². The molecule has 0 saturated carbocycles. The highest BCUT2D eigenvalue weighted by Crippen LogP contribution is 2.34. The van der Waals surface area contributed by atoms with Gasteiger partial charge in [-0.25, -0.2) is 4.68 Å². The van der Waals surface area contributed by atoms with Crippen molar-refractivity contribution < 1.29 is 14.3 Å². The number of likely N-dealkylation sites (tertiary alicyclic amines) is 1. The number of nitrogens with two attached hydrogens (primary N) is 1. The highest BCUT2D eigenvalue weighted by Gasteiger charge is 2.32. The van der Waals surface area contributed by atoms with Gasteiger partial charge >= 0.3 is 0 Å². The van der Waals surface area contributed by atoms with Crippen molar-refractivity contribution in [2.45, 2.75) is 12.5 Å². The Kier molecular flexibility index (Phi) is 5.93. The summed E-state index contributed by atoms with van der Waals surface area (Å²) in [5.41, 5.74) is 7.28. The molecule has 3 aromatic rings. The molecule has 8 nitrogen and oxygen atoms in total. The van der Waals surface area contributed by atoms with Gasteiger partial charge in [-0.3, -0.25) is 9.59 Å². The fourth-order valence-corrected chi connectivity index (χ4v) is 3.95. The van der Waals surface area contributed by atoms with E-state index >= 15 is 0 Å². The summed E-state index contributed by atoms with van der Waals surface area (Å²) in [4.78, 5) is 26.1. The van der Waals surface area contributed by atoms with E-state index in [2.05, 4.69) is 11.9 Å². The number of hydrogen-bond donors (Lipinski definition) is 2. The van der Waals surface area contributed by atoms with Gasteiger partial charge in [-0.1, -0.05) is 24.8 Å². The van der Waals surface area contributed by atoms with Crippen molar-refractivity contribution in [2.75, 3.05) is 25.5 Å². The standard InChI is InChI=1S/C24H25N5O3/c1-3-20(30)28-14-13-17(15-28)29-24(26-2)21(23(25)31)22(27-29)16-9-11-19(12-10-16)32-18-7-5-4-6-8-18/h3-12,17,26H,1,13-15H2,2H3,(H2,25,31). The topological polar surface area (TPSA) is 102 Å². The predicted molar refractivity (Wildman–Crippen MR) is 123 cm³/mol. The molecule has 1 atom stereocenters. The van der Waals surface area contributed by atoms with Crippen LogP contribution in [-0.4, -0.2) is 46.6 Å². The van der Waals surface area contributed by atoms with Gasteiger partial charge in [0.15, 0.2) is 0 Å². The van der Waals surface area contributed by atoms with Crippen LogP contribution < -0.4 is 15.8 Å². The summed E-state index contributed by atoms with van der Waals surface area (Å²) < 4.78 is 7.61. The quantitative estimate of drug-likeness (QED) is 0.558. The van der Waals surface area contributed by atoms with Crippen molar-refractivity contribution in [1.29, 1.82) is 0 Å². The van der Waals surface area contributed by atoms with Crippen molar-refractivity contribution in [3.8, 4) is 22.8 Å². The summed E-state index contributed by atoms with van der Waals surface area (Å²) in [5.74, 6) is 1.25. The summed E-state index contributed by atoms with van der Waals surface area (Å²) in [6.07, 6.45) is 2.03. The number of carbonyl (C=O) groups excluding carboxylic acids is 2. The minimum atomic E-state index is -0.572. The number of nitrogens with zero attached hydrogens (tertiary/aromatic N) is 3. The van der Waals surface area contributed by atoms with Crippen LogP contribution in [0.4, 0.5) is 5.82 Å². The fraction of sp³-hybridized carbons (Fsp3) is 0.208. The summed E-state index contributed by atoms with van der Waals surface area (Å²) in [5, 5.41) is 7.80. The van der Waals surface area contributed by atoms with Gasteiger partial charge in [-0.2, -0.15) is 5.10 Å². The van der Waals surface area contributed by atoms with E-state index in [1.54, 1.807) is 16.6 Å². The maximum atomic E-state index is 12.4. The minimum Gasteiger partial charge on any atom is -0.457 e. The maximum absolute atomic E-state index is 12.4. The van der Waals surface area contributed by atoms with Crippen molar-refractivity contribution in [3.63, 3.8) is 0 Å². The summed E-state index contributed by atoms with van der Waals surface area (Å²) in [6, 6.07) is 16.8. The van der Waals surface area contributed by atoms with E-state index in [4.69, 9.17) is 15.6 Å². The molecule has 4 rings (SSSR count). The molecule has 3 N–H and O–H groups in total. The average molecular weight is 431 g/mol. The molecule has 0 bridgehead atoms. The molecule has 0 aliphatic carbocycles. The molecule has 0 spiro atoms. The van der Waals surface area contributed by atoms with Crippen molar-refractivity contribution >= 4 is 17.6 Å². The minimum absolute atomic E-state index is 0.0751. The summed E-state index contributed by atoms with van der Waals surface area (Å²) >= 11 is 0. The fourth-order valence-electron chi connectivity index (χ4n) is 3.95. The third kappa shape index (κ3) is 4.07. The number of aromatic nitrogens is 2. The lowest BCUT2D eigenvalue weighted by Crippen LogP contribution is -2.27. The van der Waals surface area contributed by atoms with Gasteiger partial charge in [0.2, 0.25) is 5.91 Å². The number of primary amides is 1. The Morgan fingerprint density at radius 2 is 1.84 bits per heavy atom. The number of anilines is 1. The number of carbonyl (C=O) groups is 2. The Balaban J connectivity index is 1.66. The Morgan fingerprint density at radius 3 is 2.47 bits per heavy atom. The van der Waals surface area contributed by atoms with Crippen LogP contribution >= 0.6 is 0 Å². The van der Waals surface area contributed by atoms with Crippen LogP contribution in [0.5, 0.6) is 11.5 Å². The molecular formula is C24H25N5O3. The van der Waals surface area contributed by atoms with Crippen LogP contribution in [-0.2, 0) is 4.79 Å². The molecule has 2 heterocycles.